The highest BCUT2D eigenvalue weighted by Gasteiger charge is 2.30. The molecule has 1 N–H and O–H groups in total. The highest BCUT2D eigenvalue weighted by atomic mass is 32.1. The zero-order valence-electron chi connectivity index (χ0n) is 12.1. The Labute approximate surface area is 121 Å². The average Bonchev–Trinajstić information content (AvgIpc) is 2.93. The van der Waals surface area contributed by atoms with Crippen LogP contribution in [0, 0.1) is 0 Å². The summed E-state index contributed by atoms with van der Waals surface area (Å²) in [5, 5.41) is 5.90. The molecule has 2 heterocycles. The van der Waals surface area contributed by atoms with Gasteiger partial charge in [0.2, 0.25) is 0 Å². The summed E-state index contributed by atoms with van der Waals surface area (Å²) in [5.41, 5.74) is 2.02. The van der Waals surface area contributed by atoms with Gasteiger partial charge in [-0.3, -0.25) is 4.90 Å². The molecule has 0 bridgehead atoms. The Hall–Kier alpha value is -0.380. The summed E-state index contributed by atoms with van der Waals surface area (Å²) in [4.78, 5) is 4.28. The summed E-state index contributed by atoms with van der Waals surface area (Å²) in [6, 6.07) is 2.32. The number of nitrogens with one attached hydrogen (secondary N) is 1. The van der Waals surface area contributed by atoms with E-state index in [1.54, 1.807) is 10.4 Å². The van der Waals surface area contributed by atoms with Gasteiger partial charge in [0.25, 0.3) is 0 Å². The van der Waals surface area contributed by atoms with E-state index in [0.717, 1.165) is 0 Å². The van der Waals surface area contributed by atoms with Crippen LogP contribution in [0.5, 0.6) is 0 Å². The molecule has 1 aromatic heterocycles. The van der Waals surface area contributed by atoms with Gasteiger partial charge in [0.15, 0.2) is 0 Å². The van der Waals surface area contributed by atoms with Gasteiger partial charge in [0, 0.05) is 30.1 Å². The summed E-state index contributed by atoms with van der Waals surface area (Å²) in [5.74, 6) is 0. The molecule has 1 aromatic rings. The summed E-state index contributed by atoms with van der Waals surface area (Å²) in [7, 11) is 2.17. The van der Waals surface area contributed by atoms with E-state index >= 15 is 0 Å². The van der Waals surface area contributed by atoms with E-state index in [-0.39, 0.29) is 0 Å². The maximum Gasteiger partial charge on any atom is 0.0244 e. The second-order valence-corrected chi connectivity index (χ2v) is 7.24. The molecule has 0 amide bonds. The molecule has 1 fully saturated rings. The first-order valence-electron chi connectivity index (χ1n) is 7.78. The van der Waals surface area contributed by atoms with Crippen LogP contribution in [0.3, 0.4) is 0 Å². The van der Waals surface area contributed by atoms with Gasteiger partial charge in [0.05, 0.1) is 0 Å². The SMILES string of the molecule is CNC1(CCN2CCc3sccc3C2)CCCCC1. The Morgan fingerprint density at radius 3 is 2.95 bits per heavy atom. The molecule has 0 spiro atoms. The van der Waals surface area contributed by atoms with Crippen molar-refractivity contribution in [3.8, 4) is 0 Å². The van der Waals surface area contributed by atoms with E-state index in [2.05, 4.69) is 28.7 Å². The highest BCUT2D eigenvalue weighted by Crippen LogP contribution is 2.32. The number of fused-ring (bicyclic) bond motifs is 1. The number of rotatable bonds is 4. The topological polar surface area (TPSA) is 15.3 Å². The van der Waals surface area contributed by atoms with Gasteiger partial charge in [-0.25, -0.2) is 0 Å². The van der Waals surface area contributed by atoms with Crippen LogP contribution < -0.4 is 5.32 Å². The number of hydrogen-bond acceptors (Lipinski definition) is 3. The summed E-state index contributed by atoms with van der Waals surface area (Å²) < 4.78 is 0. The Kier molecular flexibility index (Phi) is 4.25. The van der Waals surface area contributed by atoms with Crippen LogP contribution in [-0.4, -0.2) is 30.6 Å². The van der Waals surface area contributed by atoms with Crippen molar-refractivity contribution in [2.45, 2.75) is 57.0 Å². The predicted molar refractivity (Wildman–Crippen MR) is 82.8 cm³/mol. The van der Waals surface area contributed by atoms with Gasteiger partial charge in [-0.15, -0.1) is 11.3 Å². The van der Waals surface area contributed by atoms with Crippen LogP contribution >= 0.6 is 11.3 Å². The molecule has 1 aliphatic heterocycles. The van der Waals surface area contributed by atoms with Crippen LogP contribution in [0.4, 0.5) is 0 Å². The normalized spacial score (nSPS) is 23.2. The van der Waals surface area contributed by atoms with Gasteiger partial charge in [-0.1, -0.05) is 19.3 Å². The van der Waals surface area contributed by atoms with E-state index < -0.39 is 0 Å². The minimum absolute atomic E-state index is 0.438. The molecule has 0 unspecified atom stereocenters. The smallest absolute Gasteiger partial charge is 0.0244 e. The molecule has 0 aromatic carbocycles. The van der Waals surface area contributed by atoms with Gasteiger partial charge >= 0.3 is 0 Å². The number of nitrogens with zero attached hydrogens (tertiary/aromatic N) is 1. The van der Waals surface area contributed by atoms with Crippen LogP contribution in [-0.2, 0) is 13.0 Å². The highest BCUT2D eigenvalue weighted by molar-refractivity contribution is 7.10. The third-order valence-corrected chi connectivity index (χ3v) is 6.16. The maximum atomic E-state index is 3.65. The van der Waals surface area contributed by atoms with Crippen molar-refractivity contribution in [3.05, 3.63) is 21.9 Å². The van der Waals surface area contributed by atoms with E-state index in [0.29, 0.717) is 5.54 Å². The van der Waals surface area contributed by atoms with Crippen molar-refractivity contribution in [2.75, 3.05) is 20.1 Å². The van der Waals surface area contributed by atoms with Crippen molar-refractivity contribution in [2.24, 2.45) is 0 Å². The average molecular weight is 278 g/mol. The first-order valence-corrected chi connectivity index (χ1v) is 8.66. The molecule has 1 saturated carbocycles. The Morgan fingerprint density at radius 1 is 1.32 bits per heavy atom. The second kappa shape index (κ2) is 5.94. The maximum absolute atomic E-state index is 3.65. The lowest BCUT2D eigenvalue weighted by Crippen LogP contribution is -2.47. The minimum Gasteiger partial charge on any atom is -0.314 e. The van der Waals surface area contributed by atoms with E-state index in [4.69, 9.17) is 0 Å². The third-order valence-electron chi connectivity index (χ3n) is 5.13. The Morgan fingerprint density at radius 2 is 2.16 bits per heavy atom. The van der Waals surface area contributed by atoms with Crippen LogP contribution in [0.2, 0.25) is 0 Å². The van der Waals surface area contributed by atoms with E-state index in [1.165, 1.54) is 64.6 Å². The molecule has 19 heavy (non-hydrogen) atoms. The molecule has 1 aliphatic carbocycles. The third kappa shape index (κ3) is 3.04. The molecule has 3 heteroatoms. The number of thiophene rings is 1. The molecule has 0 radical (unpaired) electrons. The number of hydrogen-bond donors (Lipinski definition) is 1. The summed E-state index contributed by atoms with van der Waals surface area (Å²) >= 11 is 1.94. The van der Waals surface area contributed by atoms with Gasteiger partial charge in [-0.2, -0.15) is 0 Å². The van der Waals surface area contributed by atoms with Crippen molar-refractivity contribution in [1.29, 1.82) is 0 Å². The summed E-state index contributed by atoms with van der Waals surface area (Å²) in [6.07, 6.45) is 9.60. The standard InChI is InChI=1S/C16H26N2S/c1-17-16(7-3-2-4-8-16)9-11-18-10-5-15-14(13-18)6-12-19-15/h6,12,17H,2-5,7-11,13H2,1H3. The van der Waals surface area contributed by atoms with Gasteiger partial charge in [0.1, 0.15) is 0 Å². The lowest BCUT2D eigenvalue weighted by atomic mass is 9.79. The zero-order valence-corrected chi connectivity index (χ0v) is 12.9. The first kappa shape index (κ1) is 13.6. The Balaban J connectivity index is 1.55. The fourth-order valence-electron chi connectivity index (χ4n) is 3.72. The minimum atomic E-state index is 0.438. The van der Waals surface area contributed by atoms with Gasteiger partial charge < -0.3 is 5.32 Å². The monoisotopic (exact) mass is 278 g/mol. The molecule has 0 saturated heterocycles. The van der Waals surface area contributed by atoms with E-state index in [1.807, 2.05) is 11.3 Å². The molecule has 2 aliphatic rings. The van der Waals surface area contributed by atoms with Crippen LogP contribution in [0.15, 0.2) is 11.4 Å². The molecule has 2 nitrogen and oxygen atoms in total. The van der Waals surface area contributed by atoms with Crippen molar-refractivity contribution in [3.63, 3.8) is 0 Å². The van der Waals surface area contributed by atoms with Crippen LogP contribution in [0.25, 0.3) is 0 Å². The molecular formula is C16H26N2S. The van der Waals surface area contributed by atoms with Gasteiger partial charge in [-0.05, 0) is 49.7 Å². The van der Waals surface area contributed by atoms with Crippen molar-refractivity contribution < 1.29 is 0 Å². The fourth-order valence-corrected chi connectivity index (χ4v) is 4.61. The lowest BCUT2D eigenvalue weighted by Gasteiger charge is -2.39. The quantitative estimate of drug-likeness (QED) is 0.908. The summed E-state index contributed by atoms with van der Waals surface area (Å²) in [6.45, 7) is 3.70. The first-order chi connectivity index (χ1) is 9.31. The van der Waals surface area contributed by atoms with Crippen LogP contribution in [0.1, 0.15) is 49.0 Å². The zero-order chi connectivity index (χ0) is 13.1. The molecular weight excluding hydrogens is 252 g/mol. The largest absolute Gasteiger partial charge is 0.314 e. The molecule has 0 atom stereocenters. The van der Waals surface area contributed by atoms with E-state index in [9.17, 15) is 0 Å². The lowest BCUT2D eigenvalue weighted by molar-refractivity contribution is 0.174. The predicted octanol–water partition coefficient (Wildman–Crippen LogP) is 3.42. The second-order valence-electron chi connectivity index (χ2n) is 6.24. The Bertz CT molecular complexity index is 407. The van der Waals surface area contributed by atoms with Crippen molar-refractivity contribution >= 4 is 11.3 Å². The molecule has 106 valence electrons. The molecule has 3 rings (SSSR count). The fraction of sp³-hybridized carbons (Fsp3) is 0.750. The van der Waals surface area contributed by atoms with Crippen molar-refractivity contribution in [1.82, 2.24) is 10.2 Å².